The van der Waals surface area contributed by atoms with Gasteiger partial charge in [0.15, 0.2) is 0 Å². The molecule has 4 unspecified atom stereocenters. The lowest BCUT2D eigenvalue weighted by Crippen LogP contribution is -2.32. The van der Waals surface area contributed by atoms with Crippen LogP contribution < -0.4 is 11.1 Å². The summed E-state index contributed by atoms with van der Waals surface area (Å²) in [7, 11) is 0. The summed E-state index contributed by atoms with van der Waals surface area (Å²) in [6.45, 7) is 20.2. The van der Waals surface area contributed by atoms with Crippen LogP contribution in [-0.2, 0) is 0 Å². The van der Waals surface area contributed by atoms with Crippen LogP contribution in [0.15, 0.2) is 72.6 Å². The summed E-state index contributed by atoms with van der Waals surface area (Å²) in [5, 5.41) is 14.1. The lowest BCUT2D eigenvalue weighted by molar-refractivity contribution is 0.0182. The Bertz CT molecular complexity index is 1690. The van der Waals surface area contributed by atoms with Crippen LogP contribution in [0.3, 0.4) is 0 Å². The first kappa shape index (κ1) is 42.6. The molecule has 0 radical (unpaired) electrons. The van der Waals surface area contributed by atoms with Crippen LogP contribution in [0.5, 0.6) is 0 Å². The van der Waals surface area contributed by atoms with Gasteiger partial charge in [0, 0.05) is 47.9 Å². The highest BCUT2D eigenvalue weighted by Gasteiger charge is 2.38. The van der Waals surface area contributed by atoms with Crippen molar-refractivity contribution in [1.29, 1.82) is 0 Å². The molecule has 272 valence electrons. The van der Waals surface area contributed by atoms with Crippen molar-refractivity contribution in [3.05, 3.63) is 116 Å². The molecule has 1 aliphatic carbocycles. The van der Waals surface area contributed by atoms with Crippen molar-refractivity contribution in [1.82, 2.24) is 15.4 Å². The van der Waals surface area contributed by atoms with E-state index in [9.17, 15) is 18.8 Å². The van der Waals surface area contributed by atoms with Crippen LogP contribution in [0.25, 0.3) is 11.3 Å². The second-order valence-electron chi connectivity index (χ2n) is 11.9. The number of nitrogens with two attached hydrogens (primary N) is 1. The highest BCUT2D eigenvalue weighted by molar-refractivity contribution is 6.43. The number of hydrogen-bond acceptors (Lipinski definition) is 5. The van der Waals surface area contributed by atoms with Crippen LogP contribution in [0.4, 0.5) is 14.5 Å². The number of hydroxylamine groups is 2. The Morgan fingerprint density at radius 3 is 2.32 bits per heavy atom. The predicted octanol–water partition coefficient (Wildman–Crippen LogP) is 11.5. The number of allylic oxidation sites excluding steroid dienone is 5. The van der Waals surface area contributed by atoms with Gasteiger partial charge >= 0.3 is 0 Å². The fourth-order valence-electron chi connectivity index (χ4n) is 5.51. The molecule has 1 amide bonds. The van der Waals surface area contributed by atoms with Gasteiger partial charge in [-0.25, -0.2) is 8.78 Å². The molecule has 50 heavy (non-hydrogen) atoms. The molecule has 4 N–H and O–H groups in total. The maximum absolute atomic E-state index is 14.5. The minimum atomic E-state index is -0.652. The molecule has 1 aromatic heterocycles. The van der Waals surface area contributed by atoms with E-state index in [2.05, 4.69) is 25.7 Å². The third-order valence-corrected chi connectivity index (χ3v) is 9.08. The molecule has 10 heteroatoms. The van der Waals surface area contributed by atoms with E-state index >= 15 is 0 Å². The van der Waals surface area contributed by atoms with Crippen LogP contribution in [0, 0.1) is 25.6 Å². The van der Waals surface area contributed by atoms with Crippen molar-refractivity contribution in [2.75, 3.05) is 18.8 Å². The molecule has 1 saturated heterocycles. The van der Waals surface area contributed by atoms with Gasteiger partial charge < -0.3 is 16.3 Å². The van der Waals surface area contributed by atoms with Crippen molar-refractivity contribution >= 4 is 34.8 Å². The van der Waals surface area contributed by atoms with Gasteiger partial charge in [0.25, 0.3) is 5.91 Å². The lowest BCUT2D eigenvalue weighted by Gasteiger charge is -2.27. The van der Waals surface area contributed by atoms with Crippen LogP contribution in [-0.4, -0.2) is 34.3 Å². The second-order valence-corrected chi connectivity index (χ2v) is 12.7. The predicted molar refractivity (Wildman–Crippen MR) is 205 cm³/mol. The number of carbonyl (C=O) groups is 1. The first-order chi connectivity index (χ1) is 23.8. The minimum absolute atomic E-state index is 0.0205. The molecule has 0 bridgehead atoms. The maximum atomic E-state index is 14.5. The lowest BCUT2D eigenvalue weighted by atomic mass is 9.82. The van der Waals surface area contributed by atoms with Gasteiger partial charge in [-0.2, -0.15) is 5.06 Å². The fourth-order valence-corrected chi connectivity index (χ4v) is 5.92. The third-order valence-electron chi connectivity index (χ3n) is 8.22. The fraction of sp³-hybridized carbons (Fsp3) is 0.400. The molecular formula is C40H52Cl2F2N4O2. The SMILES string of the molecule is C=C(C)CCC.CC.CC.Cc1cc(C(=O)NCC(c2cc(C3CN3O)c(C)c(-c3ccc(F)c(Cl)c3Cl)n2)C2C=CC=C(F)C2)ccc1N. The third kappa shape index (κ3) is 11.2. The average molecular weight is 730 g/mol. The van der Waals surface area contributed by atoms with E-state index in [0.29, 0.717) is 34.7 Å². The van der Waals surface area contributed by atoms with Crippen molar-refractivity contribution in [3.8, 4) is 11.3 Å². The standard InChI is InChI=1S/C30H28Cl2F2N4O2.C6H12.2C2H6/c1-15-10-18(6-9-24(15)35)30(39)36-13-22(17-4-3-5-19(33)11-17)25-12-21(26-14-38(26)40)16(2)29(37-25)20-7-8-23(34)28(32)27(20)31;1-4-5-6(2)3;2*1-2/h3-10,12,17,22,26,40H,11,13-14,35H2,1-2H3,(H,36,39);2,4-5H2,1,3H3;2*1-2H3. The van der Waals surface area contributed by atoms with Gasteiger partial charge in [0.2, 0.25) is 0 Å². The number of anilines is 1. The molecule has 0 spiro atoms. The van der Waals surface area contributed by atoms with Crippen molar-refractivity contribution in [3.63, 3.8) is 0 Å². The zero-order chi connectivity index (χ0) is 37.7. The van der Waals surface area contributed by atoms with E-state index in [1.54, 1.807) is 24.3 Å². The Balaban J connectivity index is 0.000000774. The average Bonchev–Trinajstić information content (AvgIpc) is 3.83. The largest absolute Gasteiger partial charge is 0.399 e. The Labute approximate surface area is 307 Å². The topological polar surface area (TPSA) is 91.2 Å². The minimum Gasteiger partial charge on any atom is -0.399 e. The number of pyridine rings is 1. The number of nitrogen functional groups attached to an aromatic ring is 1. The van der Waals surface area contributed by atoms with Crippen LogP contribution in [0.1, 0.15) is 106 Å². The number of hydrogen-bond donors (Lipinski definition) is 3. The Morgan fingerprint density at radius 1 is 1.12 bits per heavy atom. The number of aromatic nitrogens is 1. The summed E-state index contributed by atoms with van der Waals surface area (Å²) in [6.07, 6.45) is 7.51. The molecule has 0 saturated carbocycles. The van der Waals surface area contributed by atoms with E-state index in [0.717, 1.165) is 16.7 Å². The normalized spacial score (nSPS) is 17.8. The van der Waals surface area contributed by atoms with Crippen LogP contribution in [0.2, 0.25) is 10.0 Å². The highest BCUT2D eigenvalue weighted by Crippen LogP contribution is 2.43. The summed E-state index contributed by atoms with van der Waals surface area (Å²) < 4.78 is 28.6. The number of benzene rings is 2. The number of nitrogens with one attached hydrogen (secondary N) is 1. The van der Waals surface area contributed by atoms with E-state index in [1.807, 2.05) is 53.7 Å². The molecule has 1 fully saturated rings. The number of carbonyl (C=O) groups excluding carboxylic acids is 1. The molecule has 6 nitrogen and oxygen atoms in total. The molecule has 5 rings (SSSR count). The number of nitrogens with zero attached hydrogens (tertiary/aromatic N) is 2. The van der Waals surface area contributed by atoms with Crippen molar-refractivity contribution in [2.24, 2.45) is 5.92 Å². The van der Waals surface area contributed by atoms with Gasteiger partial charge in [-0.05, 0) is 92.3 Å². The van der Waals surface area contributed by atoms with Gasteiger partial charge in [-0.3, -0.25) is 9.78 Å². The van der Waals surface area contributed by atoms with E-state index in [1.165, 1.54) is 41.7 Å². The summed E-state index contributed by atoms with van der Waals surface area (Å²) in [5.41, 5.74) is 12.1. The molecule has 1 aliphatic heterocycles. The summed E-state index contributed by atoms with van der Waals surface area (Å²) >= 11 is 12.6. The molecule has 2 aromatic carbocycles. The van der Waals surface area contributed by atoms with Crippen LogP contribution >= 0.6 is 23.2 Å². The van der Waals surface area contributed by atoms with Gasteiger partial charge in [-0.1, -0.05) is 82.0 Å². The molecular weight excluding hydrogens is 677 g/mol. The summed E-state index contributed by atoms with van der Waals surface area (Å²) in [6, 6.07) is 9.40. The second kappa shape index (κ2) is 20.3. The smallest absolute Gasteiger partial charge is 0.251 e. The van der Waals surface area contributed by atoms with Gasteiger partial charge in [-0.15, -0.1) is 6.58 Å². The summed E-state index contributed by atoms with van der Waals surface area (Å²) in [5.74, 6) is -1.98. The van der Waals surface area contributed by atoms with Crippen molar-refractivity contribution in [2.45, 2.75) is 86.6 Å². The Morgan fingerprint density at radius 2 is 1.78 bits per heavy atom. The van der Waals surface area contributed by atoms with E-state index in [-0.39, 0.29) is 46.7 Å². The number of halogens is 4. The molecule has 2 heterocycles. The number of aryl methyl sites for hydroxylation is 1. The number of amides is 1. The van der Waals surface area contributed by atoms with E-state index in [4.69, 9.17) is 33.9 Å². The maximum Gasteiger partial charge on any atom is 0.251 e. The zero-order valence-corrected chi connectivity index (χ0v) is 32.0. The molecule has 2 aliphatic rings. The highest BCUT2D eigenvalue weighted by atomic mass is 35.5. The first-order valence-electron chi connectivity index (χ1n) is 17.2. The molecule has 3 aromatic rings. The van der Waals surface area contributed by atoms with Gasteiger partial charge in [0.05, 0.1) is 21.8 Å². The number of rotatable bonds is 9. The molecule has 4 atom stereocenters. The quantitative estimate of drug-likeness (QED) is 0.0883. The first-order valence-corrected chi connectivity index (χ1v) is 18.0. The van der Waals surface area contributed by atoms with Crippen molar-refractivity contribution < 1.29 is 18.8 Å². The zero-order valence-electron chi connectivity index (χ0n) is 30.5. The Hall–Kier alpha value is -3.56. The monoisotopic (exact) mass is 728 g/mol. The Kier molecular flexibility index (Phi) is 17.3. The van der Waals surface area contributed by atoms with E-state index < -0.39 is 11.7 Å². The van der Waals surface area contributed by atoms with Gasteiger partial charge in [0.1, 0.15) is 11.6 Å². The summed E-state index contributed by atoms with van der Waals surface area (Å²) in [4.78, 5) is 18.0.